The standard InChI is InChI=1S/C4H6NO4P/c1-2-3(6)5-10(9)4(7)8/h2,4,7-8H,1H2. The maximum Gasteiger partial charge on any atom is 0.337 e. The van der Waals surface area contributed by atoms with Crippen molar-refractivity contribution in [1.82, 2.24) is 0 Å². The summed E-state index contributed by atoms with van der Waals surface area (Å²) in [5.74, 6) is -0.825. The van der Waals surface area contributed by atoms with Gasteiger partial charge in [0.25, 0.3) is 0 Å². The summed E-state index contributed by atoms with van der Waals surface area (Å²) in [5, 5.41) is 16.3. The Morgan fingerprint density at radius 1 is 1.80 bits per heavy atom. The Morgan fingerprint density at radius 3 is 2.60 bits per heavy atom. The number of aliphatic hydroxyl groups excluding tert-OH is 1. The molecule has 0 aromatic heterocycles. The van der Waals surface area contributed by atoms with E-state index >= 15 is 0 Å². The van der Waals surface area contributed by atoms with E-state index in [0.717, 1.165) is 6.08 Å². The topological polar surface area (TPSA) is 93.0 Å². The summed E-state index contributed by atoms with van der Waals surface area (Å²) in [6.45, 7) is 3.04. The Bertz CT molecular complexity index is 176. The van der Waals surface area contributed by atoms with Crippen molar-refractivity contribution in [3.63, 3.8) is 0 Å². The fourth-order valence-electron chi connectivity index (χ4n) is 0.190. The Hall–Kier alpha value is -0.610. The van der Waals surface area contributed by atoms with Gasteiger partial charge in [-0.1, -0.05) is 6.58 Å². The van der Waals surface area contributed by atoms with Crippen LogP contribution in [0.4, 0.5) is 0 Å². The summed E-state index contributed by atoms with van der Waals surface area (Å²) in [6.07, 6.45) is 0.829. The molecule has 0 aromatic rings. The van der Waals surface area contributed by atoms with Crippen molar-refractivity contribution in [2.24, 2.45) is 4.74 Å². The molecular formula is C4H6NO4P. The van der Waals surface area contributed by atoms with Gasteiger partial charge in [-0.05, 0) is 4.74 Å². The molecule has 1 atom stereocenters. The lowest BCUT2D eigenvalue weighted by molar-refractivity contribution is -0.174. The number of rotatable bonds is 2. The molecule has 2 N–H and O–H groups in total. The zero-order chi connectivity index (χ0) is 8.15. The van der Waals surface area contributed by atoms with Crippen molar-refractivity contribution in [2.45, 2.75) is 6.03 Å². The van der Waals surface area contributed by atoms with Crippen LogP contribution in [0.5, 0.6) is 0 Å². The molecule has 6 heteroatoms. The normalized spacial score (nSPS) is 11.8. The molecule has 0 heterocycles. The van der Waals surface area contributed by atoms with Crippen LogP contribution in [0, 0.1) is 0 Å². The molecule has 1 unspecified atom stereocenters. The van der Waals surface area contributed by atoms with Gasteiger partial charge in [0, 0.05) is 6.08 Å². The molecule has 1 amide bonds. The number of nitrogens with zero attached hydrogens (tertiary/aromatic N) is 1. The molecule has 0 saturated carbocycles. The predicted molar refractivity (Wildman–Crippen MR) is 32.8 cm³/mol. The third-order valence-corrected chi connectivity index (χ3v) is 1.36. The molecule has 0 spiro atoms. The molecule has 0 bridgehead atoms. The second-order valence-corrected chi connectivity index (χ2v) is 2.56. The number of carbonyl (C=O) groups is 1. The summed E-state index contributed by atoms with van der Waals surface area (Å²) < 4.78 is 2.85. The second-order valence-electron chi connectivity index (χ2n) is 1.29. The molecule has 0 rings (SSSR count). The molecule has 0 fully saturated rings. The Kier molecular flexibility index (Phi) is 3.99. The largest absolute Gasteiger partial charge is 0.608 e. The lowest BCUT2D eigenvalue weighted by Gasteiger charge is -1.93. The van der Waals surface area contributed by atoms with E-state index in [4.69, 9.17) is 10.2 Å². The minimum Gasteiger partial charge on any atom is -0.608 e. The maximum atomic E-state index is 10.3. The van der Waals surface area contributed by atoms with Crippen molar-refractivity contribution in [2.75, 3.05) is 0 Å². The molecule has 0 saturated heterocycles. The highest BCUT2D eigenvalue weighted by Gasteiger charge is 2.10. The van der Waals surface area contributed by atoms with E-state index in [2.05, 4.69) is 11.3 Å². The highest BCUT2D eigenvalue weighted by atomic mass is 31.1. The minimum absolute atomic E-state index is 0.825. The molecule has 56 valence electrons. The first kappa shape index (κ1) is 9.39. The van der Waals surface area contributed by atoms with Crippen molar-refractivity contribution in [3.8, 4) is 0 Å². The molecule has 5 nitrogen and oxygen atoms in total. The number of carbonyl (C=O) groups excluding carboxylic acids is 1. The predicted octanol–water partition coefficient (Wildman–Crippen LogP) is -1.09. The van der Waals surface area contributed by atoms with Crippen LogP contribution in [0.25, 0.3) is 0 Å². The number of hydrogen-bond donors (Lipinski definition) is 2. The van der Waals surface area contributed by atoms with E-state index in [1.807, 2.05) is 0 Å². The lowest BCUT2D eigenvalue weighted by atomic mass is 10.6. The monoisotopic (exact) mass is 163 g/mol. The van der Waals surface area contributed by atoms with Gasteiger partial charge < -0.3 is 15.1 Å². The fraction of sp³-hybridized carbons (Fsp3) is 0.250. The lowest BCUT2D eigenvalue weighted by Crippen LogP contribution is -2.06. The Labute approximate surface area is 58.2 Å². The first-order valence-electron chi connectivity index (χ1n) is 2.28. The van der Waals surface area contributed by atoms with Crippen LogP contribution in [-0.4, -0.2) is 22.2 Å². The summed E-state index contributed by atoms with van der Waals surface area (Å²) in [4.78, 5) is 20.6. The third kappa shape index (κ3) is 3.42. The third-order valence-electron chi connectivity index (χ3n) is 0.569. The zero-order valence-corrected chi connectivity index (χ0v) is 5.86. The summed E-state index contributed by atoms with van der Waals surface area (Å²) in [5.41, 5.74) is 0. The Morgan fingerprint density at radius 2 is 2.30 bits per heavy atom. The van der Waals surface area contributed by atoms with Gasteiger partial charge in [0.2, 0.25) is 7.94 Å². The van der Waals surface area contributed by atoms with Gasteiger partial charge in [-0.25, -0.2) is 0 Å². The van der Waals surface area contributed by atoms with Crippen LogP contribution < -0.4 is 4.89 Å². The molecule has 10 heavy (non-hydrogen) atoms. The van der Waals surface area contributed by atoms with Gasteiger partial charge in [0.05, 0.1) is 0 Å². The van der Waals surface area contributed by atoms with Gasteiger partial charge in [-0.3, -0.25) is 4.79 Å². The van der Waals surface area contributed by atoms with E-state index in [9.17, 15) is 9.69 Å². The minimum atomic E-state index is -2.62. The van der Waals surface area contributed by atoms with Gasteiger partial charge in [0.15, 0.2) is 0 Å². The number of aliphatic hydroxyl groups is 2. The molecule has 0 aliphatic heterocycles. The van der Waals surface area contributed by atoms with Crippen molar-refractivity contribution < 1.29 is 19.9 Å². The highest BCUT2D eigenvalue weighted by Crippen LogP contribution is 2.17. The maximum absolute atomic E-state index is 10.3. The van der Waals surface area contributed by atoms with Crippen LogP contribution in [0.3, 0.4) is 0 Å². The van der Waals surface area contributed by atoms with E-state index in [0.29, 0.717) is 0 Å². The summed E-state index contributed by atoms with van der Waals surface area (Å²) >= 11 is 0. The summed E-state index contributed by atoms with van der Waals surface area (Å²) in [6, 6.07) is -2.07. The average molecular weight is 163 g/mol. The summed E-state index contributed by atoms with van der Waals surface area (Å²) in [7, 11) is -2.62. The zero-order valence-electron chi connectivity index (χ0n) is 4.97. The number of amides is 1. The van der Waals surface area contributed by atoms with Crippen molar-refractivity contribution in [1.29, 1.82) is 0 Å². The molecular weight excluding hydrogens is 157 g/mol. The van der Waals surface area contributed by atoms with Gasteiger partial charge in [0.1, 0.15) is 0 Å². The second kappa shape index (κ2) is 4.24. The van der Waals surface area contributed by atoms with Crippen molar-refractivity contribution in [3.05, 3.63) is 12.7 Å². The molecule has 0 aromatic carbocycles. The van der Waals surface area contributed by atoms with Gasteiger partial charge in [-0.2, -0.15) is 0 Å². The average Bonchev–Trinajstić information content (AvgIpc) is 1.87. The van der Waals surface area contributed by atoms with Crippen LogP contribution >= 0.6 is 7.94 Å². The smallest absolute Gasteiger partial charge is 0.337 e. The van der Waals surface area contributed by atoms with Crippen LogP contribution in [0.15, 0.2) is 17.4 Å². The van der Waals surface area contributed by atoms with Crippen LogP contribution in [0.1, 0.15) is 0 Å². The SMILES string of the molecule is C=CC(=O)N=[P+]([O-])C(O)O. The molecule has 0 aliphatic rings. The first-order valence-corrected chi connectivity index (χ1v) is 3.56. The van der Waals surface area contributed by atoms with E-state index in [1.165, 1.54) is 0 Å². The molecule has 0 aliphatic carbocycles. The van der Waals surface area contributed by atoms with Gasteiger partial charge >= 0.3 is 11.9 Å². The van der Waals surface area contributed by atoms with E-state index < -0.39 is 19.9 Å². The highest BCUT2D eigenvalue weighted by molar-refractivity contribution is 7.40. The first-order chi connectivity index (χ1) is 4.57. The van der Waals surface area contributed by atoms with E-state index in [-0.39, 0.29) is 0 Å². The Balaban J connectivity index is 4.16. The molecule has 0 radical (unpaired) electrons. The number of hydrogen-bond acceptors (Lipinski definition) is 4. The van der Waals surface area contributed by atoms with E-state index in [1.54, 1.807) is 0 Å². The van der Waals surface area contributed by atoms with Crippen LogP contribution in [-0.2, 0) is 4.79 Å². The fourth-order valence-corrected chi connectivity index (χ4v) is 0.569. The quantitative estimate of drug-likeness (QED) is 0.307. The van der Waals surface area contributed by atoms with Gasteiger partial charge in [-0.15, -0.1) is 0 Å². The van der Waals surface area contributed by atoms with Crippen molar-refractivity contribution >= 4 is 13.8 Å². The van der Waals surface area contributed by atoms with Crippen LogP contribution in [0.2, 0.25) is 0 Å².